The Morgan fingerprint density at radius 3 is 1.02 bits per heavy atom. The zero-order valence-corrected chi connectivity index (χ0v) is 69.3. The fraction of sp³-hybridized carbons (Fsp3) is 0.805. The van der Waals surface area contributed by atoms with Crippen LogP contribution in [0.5, 0.6) is 0 Å². The fourth-order valence-corrected chi connectivity index (χ4v) is 13.4. The van der Waals surface area contributed by atoms with Crippen molar-refractivity contribution >= 4 is 51.2 Å². The van der Waals surface area contributed by atoms with E-state index in [9.17, 15) is 57.9 Å². The molecule has 0 aliphatic rings. The van der Waals surface area contributed by atoms with E-state index in [0.29, 0.717) is 51.4 Å². The van der Waals surface area contributed by atoms with Crippen LogP contribution in [-0.4, -0.2) is 158 Å². The Morgan fingerprint density at radius 2 is 0.685 bits per heavy atom. The lowest BCUT2D eigenvalue weighted by atomic mass is 10.1. The second-order valence-electron chi connectivity index (χ2n) is 28.7. The Labute approximate surface area is 650 Å². The molecule has 626 valence electrons. The lowest BCUT2D eigenvalue weighted by Crippen LogP contribution is -2.43. The minimum atomic E-state index is -4.78. The molecule has 4 unspecified atom stereocenters. The maximum atomic E-state index is 13.7. The number of nitrogens with one attached hydrogen (secondary N) is 4. The van der Waals surface area contributed by atoms with Crippen LogP contribution in [-0.2, 0) is 65.4 Å². The van der Waals surface area contributed by atoms with Crippen LogP contribution in [0, 0.1) is 0 Å². The average molecular weight is 1570 g/mol. The summed E-state index contributed by atoms with van der Waals surface area (Å²) < 4.78 is 71.0. The molecule has 0 fully saturated rings. The molecule has 0 aromatic heterocycles. The molecule has 1 aromatic carbocycles. The van der Waals surface area contributed by atoms with Crippen LogP contribution in [0.3, 0.4) is 0 Å². The van der Waals surface area contributed by atoms with Gasteiger partial charge in [0.15, 0.2) is 0 Å². The third-order valence-electron chi connectivity index (χ3n) is 18.4. The molecule has 26 heteroatoms. The van der Waals surface area contributed by atoms with Crippen molar-refractivity contribution in [1.82, 2.24) is 21.3 Å². The summed E-state index contributed by atoms with van der Waals surface area (Å²) in [7, 11) is -9.55. The maximum Gasteiger partial charge on any atom is 0.472 e. The van der Waals surface area contributed by atoms with E-state index in [2.05, 4.69) is 87.1 Å². The quantitative estimate of drug-likeness (QED) is 0.0130. The zero-order valence-electron chi connectivity index (χ0n) is 67.5. The smallest absolute Gasteiger partial charge is 0.462 e. The Morgan fingerprint density at radius 1 is 0.380 bits per heavy atom. The Hall–Kier alpha value is -4.42. The van der Waals surface area contributed by atoms with Gasteiger partial charge in [-0.15, -0.1) is 0 Å². The van der Waals surface area contributed by atoms with Gasteiger partial charge in [-0.25, -0.2) is 9.13 Å². The van der Waals surface area contributed by atoms with E-state index >= 15 is 0 Å². The lowest BCUT2D eigenvalue weighted by molar-refractivity contribution is -0.152. The first kappa shape index (κ1) is 102. The Kier molecular flexibility index (Phi) is 65.2. The van der Waals surface area contributed by atoms with Gasteiger partial charge in [-0.2, -0.15) is 0 Å². The summed E-state index contributed by atoms with van der Waals surface area (Å²) in [5.74, 6) is -2.88. The van der Waals surface area contributed by atoms with Gasteiger partial charge in [0.2, 0.25) is 11.8 Å². The van der Waals surface area contributed by atoms with E-state index in [1.165, 1.54) is 62.8 Å². The number of phosphoric ester groups is 2. The van der Waals surface area contributed by atoms with Crippen molar-refractivity contribution in [2.45, 2.75) is 361 Å². The molecule has 0 radical (unpaired) electrons. The summed E-state index contributed by atoms with van der Waals surface area (Å²) in [5, 5.41) is 32.0. The molecular weight excluding hydrogens is 1420 g/mol. The van der Waals surface area contributed by atoms with Crippen LogP contribution in [0.2, 0.25) is 0 Å². The molecule has 108 heavy (non-hydrogen) atoms. The minimum absolute atomic E-state index is 0.130. The first-order valence-corrected chi connectivity index (χ1v) is 44.9. The van der Waals surface area contributed by atoms with Crippen molar-refractivity contribution in [2.24, 2.45) is 0 Å². The number of rotatable bonds is 76. The topological polar surface area (TPSA) is 339 Å². The van der Waals surface area contributed by atoms with Crippen LogP contribution in [0.1, 0.15) is 345 Å². The van der Waals surface area contributed by atoms with Crippen LogP contribution < -0.4 is 21.3 Å². The van der Waals surface area contributed by atoms with Crippen LogP contribution in [0.15, 0.2) is 48.6 Å². The number of unbranched alkanes of at least 4 members (excludes halogenated alkanes) is 26. The van der Waals surface area contributed by atoms with Gasteiger partial charge >= 0.3 is 27.6 Å². The van der Waals surface area contributed by atoms with Gasteiger partial charge < -0.3 is 60.2 Å². The highest BCUT2D eigenvalue weighted by Gasteiger charge is 2.29. The summed E-state index contributed by atoms with van der Waals surface area (Å²) in [4.78, 5) is 101. The van der Waals surface area contributed by atoms with Gasteiger partial charge in [0.25, 0.3) is 11.8 Å². The number of aliphatic hydroxyl groups excluding tert-OH is 2. The molecule has 0 aliphatic carbocycles. The highest BCUT2D eigenvalue weighted by atomic mass is 31.2. The SMILES string of the molecule is CCCCCCC=CCCCC(=O)O[C@H](CCCCCCC)CC(=O)NC(COCC[C@H](O)CCCCCCC)COP(=O)(O)OCCNC(=O)c1ccc(C(=O)NCCOP(=O)(O)OCC(COCC[C@H](O)CCCCCCC)NC(=O)C[C@@H](CCCCCCC)OC(=O)CCCC=CCCCCCC)cc1. The molecule has 0 heterocycles. The van der Waals surface area contributed by atoms with Crippen molar-refractivity contribution in [3.63, 3.8) is 0 Å². The molecule has 4 amide bonds. The van der Waals surface area contributed by atoms with E-state index in [1.54, 1.807) is 0 Å². The molecule has 0 bridgehead atoms. The molecular formula is C82H148N4O20P2. The molecule has 0 saturated carbocycles. The molecule has 8 atom stereocenters. The number of amides is 4. The Balaban J connectivity index is 2.94. The van der Waals surface area contributed by atoms with E-state index in [-0.39, 0.29) is 88.3 Å². The highest BCUT2D eigenvalue weighted by Crippen LogP contribution is 2.44. The molecule has 0 spiro atoms. The number of allylic oxidation sites excluding steroid dienone is 4. The van der Waals surface area contributed by atoms with Crippen molar-refractivity contribution in [2.75, 3.05) is 65.9 Å². The third kappa shape index (κ3) is 61.2. The molecule has 1 aromatic rings. The predicted octanol–water partition coefficient (Wildman–Crippen LogP) is 17.4. The molecule has 8 N–H and O–H groups in total. The fourth-order valence-electron chi connectivity index (χ4n) is 11.9. The van der Waals surface area contributed by atoms with Crippen molar-refractivity contribution in [3.8, 4) is 0 Å². The van der Waals surface area contributed by atoms with Gasteiger partial charge in [-0.3, -0.25) is 46.9 Å². The zero-order chi connectivity index (χ0) is 79.4. The second kappa shape index (κ2) is 69.3. The predicted molar refractivity (Wildman–Crippen MR) is 427 cm³/mol. The number of benzene rings is 1. The summed E-state index contributed by atoms with van der Waals surface area (Å²) in [5.41, 5.74) is 0.285. The largest absolute Gasteiger partial charge is 0.472 e. The first-order valence-electron chi connectivity index (χ1n) is 41.9. The van der Waals surface area contributed by atoms with Crippen molar-refractivity contribution in [3.05, 3.63) is 59.7 Å². The second-order valence-corrected chi connectivity index (χ2v) is 31.6. The maximum absolute atomic E-state index is 13.7. The van der Waals surface area contributed by atoms with Gasteiger partial charge in [0, 0.05) is 50.3 Å². The number of aliphatic hydroxyl groups is 2. The van der Waals surface area contributed by atoms with Gasteiger partial charge in [0.05, 0.1) is 76.8 Å². The summed E-state index contributed by atoms with van der Waals surface area (Å²) in [6.07, 6.45) is 43.6. The summed E-state index contributed by atoms with van der Waals surface area (Å²) >= 11 is 0. The number of carbonyl (C=O) groups is 6. The van der Waals surface area contributed by atoms with Crippen molar-refractivity contribution < 1.29 is 94.9 Å². The molecule has 1 rings (SSSR count). The van der Waals surface area contributed by atoms with Crippen LogP contribution in [0.25, 0.3) is 0 Å². The van der Waals surface area contributed by atoms with Crippen molar-refractivity contribution in [1.29, 1.82) is 0 Å². The summed E-state index contributed by atoms with van der Waals surface area (Å²) in [6.45, 7) is 10.6. The normalized spacial score (nSPS) is 14.5. The van der Waals surface area contributed by atoms with E-state index in [4.69, 9.17) is 37.0 Å². The number of carbonyl (C=O) groups excluding carboxylic acids is 6. The lowest BCUT2D eigenvalue weighted by Gasteiger charge is -2.23. The van der Waals surface area contributed by atoms with Gasteiger partial charge in [-0.1, -0.05) is 220 Å². The highest BCUT2D eigenvalue weighted by molar-refractivity contribution is 7.47. The molecule has 24 nitrogen and oxygen atoms in total. The number of ether oxygens (including phenoxy) is 4. The van der Waals surface area contributed by atoms with Gasteiger partial charge in [-0.05, 0) is 127 Å². The minimum Gasteiger partial charge on any atom is -0.462 e. The standard InChI is InChI=1S/C82H148N4O20P2/c1-7-13-19-25-27-29-31-37-43-49-79(91)105-75(47-41-35-23-17-11-5)63-77(89)85-71(65-99-59-55-73(87)45-39-33-21-15-9-3)67-103-107(95,96)101-61-57-83-81(93)69-51-53-70(54-52-69)82(94)84-58-62-102-108(97,98)104-68-72(66-100-60-56-74(88)46-40-34-22-16-10-4)86-78(90)64-76(48-42-36-24-18-12-6)106-80(92)50-44-38-32-30-28-26-20-14-8-2/h29-32,51-54,71-76,87-88H,7-28,33-50,55-68H2,1-6H3,(H,83,93)(H,84,94)(H,85,89)(H,86,90)(H,95,96)(H,97,98)/t71?,72?,73-,74-,75-,76-/m1/s1. The van der Waals surface area contributed by atoms with Crippen LogP contribution >= 0.6 is 15.6 Å². The molecule has 0 aliphatic heterocycles. The summed E-state index contributed by atoms with van der Waals surface area (Å²) in [6, 6.07) is 3.65. The number of hydrogen-bond donors (Lipinski definition) is 8. The average Bonchev–Trinajstić information content (AvgIpc) is 0.896. The van der Waals surface area contributed by atoms with Gasteiger partial charge in [0.1, 0.15) is 12.2 Å². The van der Waals surface area contributed by atoms with E-state index in [0.717, 1.165) is 167 Å². The monoisotopic (exact) mass is 1570 g/mol. The van der Waals surface area contributed by atoms with E-state index < -0.39 is 102 Å². The Bertz CT molecular complexity index is 2410. The number of esters is 2. The first-order chi connectivity index (χ1) is 52.2. The third-order valence-corrected chi connectivity index (χ3v) is 20.3. The number of hydrogen-bond acceptors (Lipinski definition) is 18. The number of phosphoric acid groups is 2. The van der Waals surface area contributed by atoms with E-state index in [1.807, 2.05) is 0 Å². The van der Waals surface area contributed by atoms with Crippen LogP contribution in [0.4, 0.5) is 0 Å². The molecule has 0 saturated heterocycles.